The van der Waals surface area contributed by atoms with Gasteiger partial charge in [0.25, 0.3) is 0 Å². The molecule has 1 heterocycles. The van der Waals surface area contributed by atoms with Crippen LogP contribution in [0.4, 0.5) is 0 Å². The van der Waals surface area contributed by atoms with Gasteiger partial charge in [-0.15, -0.1) is 0 Å². The number of aromatic amines is 1. The zero-order valence-corrected chi connectivity index (χ0v) is 15.9. The molecule has 0 saturated carbocycles. The van der Waals surface area contributed by atoms with E-state index in [1.807, 2.05) is 13.0 Å². The molecule has 0 aliphatic rings. The second kappa shape index (κ2) is 8.24. The lowest BCUT2D eigenvalue weighted by atomic mass is 10.2. The van der Waals surface area contributed by atoms with Gasteiger partial charge in [0.15, 0.2) is 18.1 Å². The van der Waals surface area contributed by atoms with Crippen LogP contribution in [0.1, 0.15) is 18.3 Å². The fourth-order valence-corrected chi connectivity index (χ4v) is 2.84. The Labute approximate surface area is 156 Å². The fourth-order valence-electron chi connectivity index (χ4n) is 1.83. The van der Waals surface area contributed by atoms with Gasteiger partial charge in [0.2, 0.25) is 4.77 Å². The summed E-state index contributed by atoms with van der Waals surface area (Å²) < 4.78 is 13.5. The Hall–Kier alpha value is -1.95. The van der Waals surface area contributed by atoms with E-state index in [2.05, 4.69) is 37.9 Å². The van der Waals surface area contributed by atoms with E-state index in [0.29, 0.717) is 32.3 Å². The van der Waals surface area contributed by atoms with E-state index in [1.54, 1.807) is 19.2 Å². The molecule has 0 radical (unpaired) electrons. The minimum Gasteiger partial charge on any atom is -0.490 e. The van der Waals surface area contributed by atoms with Crippen LogP contribution < -0.4 is 9.47 Å². The SMILES string of the molecule is CCOc1cc(/C=N\n2c(C)n[nH]c2=S)cc(I)c1OCC(=O)O. The first kappa shape index (κ1) is 18.4. The van der Waals surface area contributed by atoms with Gasteiger partial charge in [0.05, 0.1) is 16.4 Å². The molecule has 2 rings (SSSR count). The molecule has 0 fully saturated rings. The second-order valence-electron chi connectivity index (χ2n) is 4.58. The number of hydrogen-bond acceptors (Lipinski definition) is 6. The number of ether oxygens (including phenoxy) is 2. The Kier molecular flexibility index (Phi) is 6.31. The van der Waals surface area contributed by atoms with Crippen molar-refractivity contribution in [1.82, 2.24) is 14.9 Å². The smallest absolute Gasteiger partial charge is 0.341 e. The van der Waals surface area contributed by atoms with Crippen LogP contribution in [-0.2, 0) is 4.79 Å². The standard InChI is InChI=1S/C14H15IN4O4S/c1-3-22-11-5-9(4-10(15)13(11)23-7-12(20)21)6-16-19-8(2)17-18-14(19)24/h4-6H,3,7H2,1-2H3,(H,18,24)(H,20,21)/b16-6-. The zero-order chi connectivity index (χ0) is 17.7. The molecule has 0 aliphatic heterocycles. The predicted molar refractivity (Wildman–Crippen MR) is 98.6 cm³/mol. The third-order valence-corrected chi connectivity index (χ3v) is 3.87. The average Bonchev–Trinajstić information content (AvgIpc) is 2.83. The van der Waals surface area contributed by atoms with Crippen molar-refractivity contribution >= 4 is 47.0 Å². The molecule has 0 amide bonds. The molecule has 10 heteroatoms. The van der Waals surface area contributed by atoms with Crippen molar-refractivity contribution in [2.45, 2.75) is 13.8 Å². The highest BCUT2D eigenvalue weighted by Gasteiger charge is 2.13. The molecule has 0 aliphatic carbocycles. The van der Waals surface area contributed by atoms with Crippen LogP contribution in [0.25, 0.3) is 0 Å². The van der Waals surface area contributed by atoms with Crippen molar-refractivity contribution in [2.75, 3.05) is 13.2 Å². The summed E-state index contributed by atoms with van der Waals surface area (Å²) in [6.07, 6.45) is 1.62. The third-order valence-electron chi connectivity index (χ3n) is 2.81. The van der Waals surface area contributed by atoms with Gasteiger partial charge in [-0.25, -0.2) is 4.79 Å². The van der Waals surface area contributed by atoms with Gasteiger partial charge in [-0.05, 0) is 66.4 Å². The molecule has 0 spiro atoms. The molecule has 1 aromatic carbocycles. The number of aliphatic carboxylic acids is 1. The molecule has 24 heavy (non-hydrogen) atoms. The van der Waals surface area contributed by atoms with Crippen molar-refractivity contribution in [3.63, 3.8) is 0 Å². The van der Waals surface area contributed by atoms with Crippen molar-refractivity contribution in [3.8, 4) is 11.5 Å². The molecule has 128 valence electrons. The number of hydrogen-bond donors (Lipinski definition) is 2. The van der Waals surface area contributed by atoms with Crippen LogP contribution in [0.3, 0.4) is 0 Å². The van der Waals surface area contributed by atoms with Crippen LogP contribution in [-0.4, -0.2) is 45.4 Å². The average molecular weight is 462 g/mol. The molecule has 0 atom stereocenters. The Morgan fingerprint density at radius 1 is 1.54 bits per heavy atom. The molecular formula is C14H15IN4O4S. The maximum atomic E-state index is 10.7. The highest BCUT2D eigenvalue weighted by Crippen LogP contribution is 2.33. The monoisotopic (exact) mass is 462 g/mol. The minimum absolute atomic E-state index is 0.393. The molecular weight excluding hydrogens is 447 g/mol. The van der Waals surface area contributed by atoms with Crippen LogP contribution in [0.15, 0.2) is 17.2 Å². The highest BCUT2D eigenvalue weighted by atomic mass is 127. The lowest BCUT2D eigenvalue weighted by molar-refractivity contribution is -0.139. The fraction of sp³-hybridized carbons (Fsp3) is 0.286. The van der Waals surface area contributed by atoms with E-state index in [-0.39, 0.29) is 0 Å². The first-order valence-electron chi connectivity index (χ1n) is 6.91. The summed E-state index contributed by atoms with van der Waals surface area (Å²) in [5.74, 6) is 0.439. The summed E-state index contributed by atoms with van der Waals surface area (Å²) in [5.41, 5.74) is 0.757. The van der Waals surface area contributed by atoms with Gasteiger partial charge < -0.3 is 14.6 Å². The van der Waals surface area contributed by atoms with Crippen LogP contribution in [0, 0.1) is 15.3 Å². The Morgan fingerprint density at radius 3 is 2.88 bits per heavy atom. The van der Waals surface area contributed by atoms with Crippen molar-refractivity contribution in [2.24, 2.45) is 5.10 Å². The summed E-state index contributed by atoms with van der Waals surface area (Å²) in [5, 5.41) is 19.7. The summed E-state index contributed by atoms with van der Waals surface area (Å²) in [6.45, 7) is 3.60. The number of rotatable bonds is 7. The number of nitrogens with zero attached hydrogens (tertiary/aromatic N) is 3. The molecule has 2 aromatic rings. The molecule has 8 nitrogen and oxygen atoms in total. The lowest BCUT2D eigenvalue weighted by Gasteiger charge is -2.13. The topological polar surface area (TPSA) is 102 Å². The summed E-state index contributed by atoms with van der Waals surface area (Å²) in [6, 6.07) is 3.54. The molecule has 0 bridgehead atoms. The van der Waals surface area contributed by atoms with Gasteiger partial charge >= 0.3 is 5.97 Å². The van der Waals surface area contributed by atoms with E-state index >= 15 is 0 Å². The number of carboxylic acid groups (broad SMARTS) is 1. The van der Waals surface area contributed by atoms with Crippen molar-refractivity contribution < 1.29 is 19.4 Å². The summed E-state index contributed by atoms with van der Waals surface area (Å²) in [7, 11) is 0. The lowest BCUT2D eigenvalue weighted by Crippen LogP contribution is -2.11. The Morgan fingerprint density at radius 2 is 2.29 bits per heavy atom. The highest BCUT2D eigenvalue weighted by molar-refractivity contribution is 14.1. The maximum absolute atomic E-state index is 10.7. The number of benzene rings is 1. The largest absolute Gasteiger partial charge is 0.490 e. The van der Waals surface area contributed by atoms with Gasteiger partial charge in [-0.1, -0.05) is 0 Å². The first-order valence-corrected chi connectivity index (χ1v) is 8.40. The van der Waals surface area contributed by atoms with Gasteiger partial charge in [-0.2, -0.15) is 14.9 Å². The quantitative estimate of drug-likeness (QED) is 0.373. The summed E-state index contributed by atoms with van der Waals surface area (Å²) >= 11 is 7.15. The number of carbonyl (C=O) groups is 1. The zero-order valence-electron chi connectivity index (χ0n) is 12.9. The van der Waals surface area contributed by atoms with Gasteiger partial charge in [-0.3, -0.25) is 5.10 Å². The van der Waals surface area contributed by atoms with E-state index < -0.39 is 12.6 Å². The van der Waals surface area contributed by atoms with E-state index in [9.17, 15) is 4.79 Å². The number of H-pyrrole nitrogens is 1. The van der Waals surface area contributed by atoms with Crippen LogP contribution >= 0.6 is 34.8 Å². The molecule has 0 saturated heterocycles. The predicted octanol–water partition coefficient (Wildman–Crippen LogP) is 2.60. The number of halogens is 1. The Bertz CT molecular complexity index is 831. The summed E-state index contributed by atoms with van der Waals surface area (Å²) in [4.78, 5) is 10.7. The van der Waals surface area contributed by atoms with Gasteiger partial charge in [0, 0.05) is 0 Å². The Balaban J connectivity index is 2.34. The second-order valence-corrected chi connectivity index (χ2v) is 6.13. The number of aromatic nitrogens is 3. The molecule has 0 unspecified atom stereocenters. The maximum Gasteiger partial charge on any atom is 0.341 e. The number of carboxylic acids is 1. The number of aryl methyl sites for hydroxylation is 1. The van der Waals surface area contributed by atoms with Crippen molar-refractivity contribution in [1.29, 1.82) is 0 Å². The third kappa shape index (κ3) is 4.54. The van der Waals surface area contributed by atoms with E-state index in [1.165, 1.54) is 4.68 Å². The van der Waals surface area contributed by atoms with Crippen LogP contribution in [0.2, 0.25) is 0 Å². The van der Waals surface area contributed by atoms with E-state index in [0.717, 1.165) is 5.56 Å². The number of nitrogens with one attached hydrogen (secondary N) is 1. The molecule has 2 N–H and O–H groups in total. The minimum atomic E-state index is -1.05. The van der Waals surface area contributed by atoms with Crippen molar-refractivity contribution in [3.05, 3.63) is 31.9 Å². The van der Waals surface area contributed by atoms with Crippen LogP contribution in [0.5, 0.6) is 11.5 Å². The molecule has 1 aromatic heterocycles. The normalized spacial score (nSPS) is 11.0. The first-order chi connectivity index (χ1) is 11.4. The van der Waals surface area contributed by atoms with E-state index in [4.69, 9.17) is 26.8 Å². The van der Waals surface area contributed by atoms with Gasteiger partial charge in [0.1, 0.15) is 5.82 Å².